The summed E-state index contributed by atoms with van der Waals surface area (Å²) < 4.78 is 7.14. The molecule has 1 saturated heterocycles. The van der Waals surface area contributed by atoms with Gasteiger partial charge in [-0.3, -0.25) is 0 Å². The third-order valence-corrected chi connectivity index (χ3v) is 14.6. The van der Waals surface area contributed by atoms with Crippen molar-refractivity contribution in [2.24, 2.45) is 29.6 Å². The molecule has 1 aliphatic heterocycles. The summed E-state index contributed by atoms with van der Waals surface area (Å²) in [5.74, 6) is 2.48. The molecule has 0 bridgehead atoms. The first kappa shape index (κ1) is 31.1. The molecule has 1 spiro atoms. The van der Waals surface area contributed by atoms with Gasteiger partial charge in [0.25, 0.3) is 0 Å². The summed E-state index contributed by atoms with van der Waals surface area (Å²) in [5.41, 5.74) is 14.7. The molecule has 9 aliphatic rings. The Morgan fingerprint density at radius 1 is 0.750 bits per heavy atom. The zero-order chi connectivity index (χ0) is 34.4. The number of benzene rings is 2. The Kier molecular flexibility index (Phi) is 7.21. The molecule has 1 heterocycles. The average Bonchev–Trinajstić information content (AvgIpc) is 3.50. The minimum Gasteiger partial charge on any atom is -0.366 e. The molecule has 1 saturated carbocycles. The monoisotopic (exact) mass is 677 g/mol. The predicted octanol–water partition coefficient (Wildman–Crippen LogP) is 11.2. The Morgan fingerprint density at radius 2 is 1.58 bits per heavy atom. The van der Waals surface area contributed by atoms with Crippen LogP contribution < -0.4 is 0 Å². The summed E-state index contributed by atoms with van der Waals surface area (Å²) >= 11 is 0. The zero-order valence-electron chi connectivity index (χ0n) is 30.0. The zero-order valence-corrected chi connectivity index (χ0v) is 30.0. The van der Waals surface area contributed by atoms with Crippen molar-refractivity contribution in [1.82, 2.24) is 0 Å². The summed E-state index contributed by atoms with van der Waals surface area (Å²) in [6, 6.07) is 11.9. The maximum atomic E-state index is 10.3. The first-order valence-corrected chi connectivity index (χ1v) is 20.3. The lowest BCUT2D eigenvalue weighted by Gasteiger charge is -2.55. The van der Waals surface area contributed by atoms with Gasteiger partial charge in [0.2, 0.25) is 0 Å². The Bertz CT molecular complexity index is 2190. The summed E-state index contributed by atoms with van der Waals surface area (Å²) in [6.45, 7) is 0. The molecule has 11 rings (SSSR count). The Morgan fingerprint density at radius 3 is 2.50 bits per heavy atom. The van der Waals surface area contributed by atoms with Crippen LogP contribution in [0.4, 0.5) is 0 Å². The van der Waals surface area contributed by atoms with Crippen molar-refractivity contribution in [3.63, 3.8) is 0 Å². The van der Waals surface area contributed by atoms with Crippen LogP contribution in [-0.2, 0) is 23.0 Å². The fraction of sp³-hybridized carbons (Fsp3) is 0.380. The van der Waals surface area contributed by atoms with E-state index in [1.54, 1.807) is 16.7 Å². The maximum absolute atomic E-state index is 10.3. The van der Waals surface area contributed by atoms with Crippen molar-refractivity contribution in [2.75, 3.05) is 0 Å². The molecule has 2 heteroatoms. The van der Waals surface area contributed by atoms with Crippen LogP contribution >= 0.6 is 0 Å². The Hall–Kier alpha value is -4.45. The lowest BCUT2D eigenvalue weighted by molar-refractivity contribution is -0.0599. The molecule has 2 aromatic carbocycles. The first-order chi connectivity index (χ1) is 25.8. The van der Waals surface area contributed by atoms with Gasteiger partial charge in [0, 0.05) is 23.2 Å². The molecule has 10 unspecified atom stereocenters. The molecule has 0 aromatic heterocycles. The van der Waals surface area contributed by atoms with Gasteiger partial charge in [-0.2, -0.15) is 5.26 Å². The number of nitrogens with zero attached hydrogens (tertiary/aromatic N) is 1. The van der Waals surface area contributed by atoms with E-state index in [-0.39, 0.29) is 35.4 Å². The van der Waals surface area contributed by atoms with Gasteiger partial charge in [-0.25, -0.2) is 0 Å². The minimum atomic E-state index is -0.268. The third-order valence-electron chi connectivity index (χ3n) is 14.6. The van der Waals surface area contributed by atoms with Crippen molar-refractivity contribution >= 4 is 17.7 Å². The highest BCUT2D eigenvalue weighted by atomic mass is 16.5. The van der Waals surface area contributed by atoms with Gasteiger partial charge in [-0.1, -0.05) is 128 Å². The Balaban J connectivity index is 1.14. The van der Waals surface area contributed by atoms with Gasteiger partial charge < -0.3 is 4.74 Å². The van der Waals surface area contributed by atoms with Crippen LogP contribution in [0.3, 0.4) is 0 Å². The normalized spacial score (nSPS) is 36.8. The molecule has 52 heavy (non-hydrogen) atoms. The molecule has 10 atom stereocenters. The average molecular weight is 678 g/mol. The van der Waals surface area contributed by atoms with Gasteiger partial charge >= 0.3 is 0 Å². The lowest BCUT2D eigenvalue weighted by Crippen LogP contribution is -2.56. The summed E-state index contributed by atoms with van der Waals surface area (Å²) in [6.07, 6.45) is 48.9. The molecule has 8 aliphatic carbocycles. The van der Waals surface area contributed by atoms with Gasteiger partial charge in [0.1, 0.15) is 0 Å². The van der Waals surface area contributed by atoms with Crippen LogP contribution in [0.5, 0.6) is 0 Å². The van der Waals surface area contributed by atoms with Gasteiger partial charge in [0.15, 0.2) is 0 Å². The quantitative estimate of drug-likeness (QED) is 0.296. The number of fused-ring (bicyclic) bond motifs is 12. The highest BCUT2D eigenvalue weighted by molar-refractivity contribution is 5.89. The van der Waals surface area contributed by atoms with Crippen LogP contribution in [0.1, 0.15) is 101 Å². The van der Waals surface area contributed by atoms with Crippen molar-refractivity contribution < 1.29 is 4.74 Å². The van der Waals surface area contributed by atoms with E-state index in [4.69, 9.17) is 4.74 Å². The van der Waals surface area contributed by atoms with E-state index in [9.17, 15) is 5.26 Å². The molecular weight excluding hydrogens is 631 g/mol. The van der Waals surface area contributed by atoms with E-state index in [2.05, 4.69) is 128 Å². The van der Waals surface area contributed by atoms with E-state index < -0.39 is 0 Å². The number of nitriles is 1. The number of ether oxygens (including phenoxy) is 1. The van der Waals surface area contributed by atoms with Crippen LogP contribution in [-0.4, -0.2) is 12.2 Å². The predicted molar refractivity (Wildman–Crippen MR) is 211 cm³/mol. The van der Waals surface area contributed by atoms with E-state index in [1.165, 1.54) is 58.2 Å². The molecular formula is C50H47NO. The van der Waals surface area contributed by atoms with E-state index >= 15 is 0 Å². The molecule has 0 radical (unpaired) electrons. The van der Waals surface area contributed by atoms with Gasteiger partial charge in [0.05, 0.1) is 24.2 Å². The first-order valence-electron chi connectivity index (χ1n) is 20.3. The fourth-order valence-corrected chi connectivity index (χ4v) is 12.6. The van der Waals surface area contributed by atoms with E-state index in [0.29, 0.717) is 23.7 Å². The van der Waals surface area contributed by atoms with Crippen molar-refractivity contribution in [1.29, 1.82) is 5.26 Å². The van der Waals surface area contributed by atoms with Crippen LogP contribution in [0, 0.1) is 40.9 Å². The number of hydrogen-bond donors (Lipinski definition) is 0. The Labute approximate surface area is 309 Å². The van der Waals surface area contributed by atoms with Crippen LogP contribution in [0.2, 0.25) is 0 Å². The van der Waals surface area contributed by atoms with E-state index in [0.717, 1.165) is 38.5 Å². The van der Waals surface area contributed by atoms with Gasteiger partial charge in [-0.05, 0) is 125 Å². The molecule has 2 aromatic rings. The SMILES string of the molecule is N#CC1C=C2C(CC1)OC1C=CC(c3c4c(c(C5CCCC6C=CC=CC65)c5c3CCC=C5)CCC=C4)=CC1C21c2ccccc2C2C=CC=CC21. The highest BCUT2D eigenvalue weighted by Gasteiger charge is 2.62. The molecule has 2 nitrogen and oxygen atoms in total. The largest absolute Gasteiger partial charge is 0.366 e. The summed E-state index contributed by atoms with van der Waals surface area (Å²) in [4.78, 5) is 0. The number of rotatable bonds is 2. The van der Waals surface area contributed by atoms with Crippen molar-refractivity contribution in [2.45, 2.75) is 87.2 Å². The maximum Gasteiger partial charge on any atom is 0.0842 e. The highest BCUT2D eigenvalue weighted by Crippen LogP contribution is 2.65. The second kappa shape index (κ2) is 12.0. The van der Waals surface area contributed by atoms with Crippen molar-refractivity contribution in [3.8, 4) is 6.07 Å². The standard InChI is InChI=1S/C50H47NO/c51-30-31-24-26-46-44(28-31)50(42-22-9-7-15-35(42)36-16-8-10-23-43(36)50)45-29-33(25-27-47(45)52-46)48-38-17-3-5-19-40(38)49(41-20-6-4-18-39(41)48)37-21-11-13-32-12-1-2-14-34(32)37/h1-3,6-10,12,14-17,20,22-23,25,27-29,31-32,34-35,37,42,45-47H,4-5,11,13,18-19,21,24,26H2. The minimum absolute atomic E-state index is 0.0117. The molecule has 0 amide bonds. The van der Waals surface area contributed by atoms with Gasteiger partial charge in [-0.15, -0.1) is 0 Å². The number of allylic oxidation sites excluding steroid dienone is 13. The smallest absolute Gasteiger partial charge is 0.0842 e. The summed E-state index contributed by atoms with van der Waals surface area (Å²) in [7, 11) is 0. The van der Waals surface area contributed by atoms with E-state index in [1.807, 2.05) is 0 Å². The molecule has 0 N–H and O–H groups in total. The molecule has 258 valence electrons. The number of hydrogen-bond acceptors (Lipinski definition) is 2. The van der Waals surface area contributed by atoms with Crippen LogP contribution in [0.25, 0.3) is 17.7 Å². The lowest BCUT2D eigenvalue weighted by atomic mass is 9.53. The fourth-order valence-electron chi connectivity index (χ4n) is 12.6. The topological polar surface area (TPSA) is 33.0 Å². The van der Waals surface area contributed by atoms with Crippen molar-refractivity contribution in [3.05, 3.63) is 159 Å². The molecule has 2 fully saturated rings. The second-order valence-corrected chi connectivity index (χ2v) is 16.8. The van der Waals surface area contributed by atoms with Crippen LogP contribution in [0.15, 0.2) is 115 Å². The third kappa shape index (κ3) is 4.33. The summed E-state index contributed by atoms with van der Waals surface area (Å²) in [5, 5.41) is 10.3. The second-order valence-electron chi connectivity index (χ2n) is 16.8.